The molecule has 4 heterocycles. The van der Waals surface area contributed by atoms with Crippen LogP contribution in [0.2, 0.25) is 5.28 Å². The van der Waals surface area contributed by atoms with Gasteiger partial charge in [-0.3, -0.25) is 4.90 Å². The van der Waals surface area contributed by atoms with E-state index in [1.54, 1.807) is 4.68 Å². The van der Waals surface area contributed by atoms with Gasteiger partial charge in [0.1, 0.15) is 11.6 Å². The van der Waals surface area contributed by atoms with Gasteiger partial charge in [0.25, 0.3) is 0 Å². The summed E-state index contributed by atoms with van der Waals surface area (Å²) in [6, 6.07) is 13.3. The molecule has 3 atom stereocenters. The fraction of sp³-hybridized carbons (Fsp3) is 0.467. The third kappa shape index (κ3) is 5.65. The monoisotopic (exact) mass is 581 g/mol. The summed E-state index contributed by atoms with van der Waals surface area (Å²) in [5, 5.41) is 9.08. The number of ether oxygens (including phenoxy) is 1. The van der Waals surface area contributed by atoms with Gasteiger partial charge in [0.15, 0.2) is 17.0 Å². The molecule has 2 aliphatic rings. The lowest BCUT2D eigenvalue weighted by Crippen LogP contribution is -2.59. The summed E-state index contributed by atoms with van der Waals surface area (Å²) < 4.78 is 35.4. The number of anilines is 1. The molecule has 0 bridgehead atoms. The lowest BCUT2D eigenvalue weighted by Gasteiger charge is -2.49. The Morgan fingerprint density at radius 2 is 1.59 bits per heavy atom. The largest absolute Gasteiger partial charge is 0.376 e. The third-order valence-corrected chi connectivity index (χ3v) is 8.54. The van der Waals surface area contributed by atoms with E-state index in [4.69, 9.17) is 16.3 Å². The fourth-order valence-corrected chi connectivity index (χ4v) is 6.41. The summed E-state index contributed by atoms with van der Waals surface area (Å²) in [4.78, 5) is 13.9. The lowest BCUT2D eigenvalue weighted by atomic mass is 9.91. The minimum atomic E-state index is -0.285. The van der Waals surface area contributed by atoms with E-state index in [1.807, 2.05) is 24.3 Å². The summed E-state index contributed by atoms with van der Waals surface area (Å²) in [5.41, 5.74) is 3.16. The number of benzene rings is 2. The minimum Gasteiger partial charge on any atom is -0.376 e. The molecule has 0 radical (unpaired) electrons. The molecule has 2 saturated heterocycles. The van der Waals surface area contributed by atoms with E-state index in [2.05, 4.69) is 43.9 Å². The highest BCUT2D eigenvalue weighted by molar-refractivity contribution is 6.28. The van der Waals surface area contributed by atoms with E-state index in [9.17, 15) is 8.78 Å². The molecule has 0 N–H and O–H groups in total. The predicted molar refractivity (Wildman–Crippen MR) is 154 cm³/mol. The number of fused-ring (bicyclic) bond motifs is 1. The van der Waals surface area contributed by atoms with E-state index in [0.717, 1.165) is 43.4 Å². The Kier molecular flexibility index (Phi) is 8.14. The van der Waals surface area contributed by atoms with Crippen LogP contribution in [-0.2, 0) is 11.3 Å². The van der Waals surface area contributed by atoms with Gasteiger partial charge < -0.3 is 9.64 Å². The molecule has 2 aromatic heterocycles. The molecule has 2 aliphatic heterocycles. The van der Waals surface area contributed by atoms with Crippen molar-refractivity contribution in [2.75, 3.05) is 24.6 Å². The van der Waals surface area contributed by atoms with E-state index < -0.39 is 0 Å². The van der Waals surface area contributed by atoms with E-state index in [0.29, 0.717) is 36.6 Å². The Balaban J connectivity index is 1.36. The molecule has 0 spiro atoms. The number of halogens is 3. The molecule has 2 fully saturated rings. The molecule has 0 amide bonds. The van der Waals surface area contributed by atoms with Gasteiger partial charge in [-0.1, -0.05) is 43.3 Å². The second-order valence-electron chi connectivity index (χ2n) is 10.9. The van der Waals surface area contributed by atoms with Crippen molar-refractivity contribution in [1.29, 1.82) is 0 Å². The summed E-state index contributed by atoms with van der Waals surface area (Å²) in [6.45, 7) is 7.03. The topological polar surface area (TPSA) is 72.2 Å². The van der Waals surface area contributed by atoms with Crippen LogP contribution in [0.3, 0.4) is 0 Å². The highest BCUT2D eigenvalue weighted by Crippen LogP contribution is 2.37. The summed E-state index contributed by atoms with van der Waals surface area (Å²) >= 11 is 6.49. The zero-order chi connectivity index (χ0) is 28.5. The maximum Gasteiger partial charge on any atom is 0.226 e. The predicted octanol–water partition coefficient (Wildman–Crippen LogP) is 5.80. The van der Waals surface area contributed by atoms with E-state index in [1.165, 1.54) is 24.3 Å². The van der Waals surface area contributed by atoms with Crippen LogP contribution in [0.1, 0.15) is 56.7 Å². The molecule has 0 unspecified atom stereocenters. The summed E-state index contributed by atoms with van der Waals surface area (Å²) in [5.74, 6) is 0.114. The van der Waals surface area contributed by atoms with Gasteiger partial charge in [-0.15, -0.1) is 5.10 Å². The highest BCUT2D eigenvalue weighted by Gasteiger charge is 2.39. The second-order valence-corrected chi connectivity index (χ2v) is 11.2. The van der Waals surface area contributed by atoms with E-state index >= 15 is 0 Å². The number of aromatic nitrogens is 5. The molecule has 0 saturated carbocycles. The van der Waals surface area contributed by atoms with Crippen molar-refractivity contribution in [1.82, 2.24) is 29.9 Å². The van der Waals surface area contributed by atoms with Crippen LogP contribution in [0, 0.1) is 11.6 Å². The van der Waals surface area contributed by atoms with Gasteiger partial charge in [0.2, 0.25) is 5.28 Å². The van der Waals surface area contributed by atoms with Gasteiger partial charge in [-0.2, -0.15) is 9.97 Å². The van der Waals surface area contributed by atoms with Crippen LogP contribution in [0.15, 0.2) is 48.5 Å². The zero-order valence-electron chi connectivity index (χ0n) is 23.3. The average Bonchev–Trinajstić information content (AvgIpc) is 3.65. The molecule has 0 aliphatic carbocycles. The molecular weight excluding hydrogens is 548 g/mol. The molecule has 41 heavy (non-hydrogen) atoms. The first kappa shape index (κ1) is 27.9. The van der Waals surface area contributed by atoms with Crippen molar-refractivity contribution in [3.8, 4) is 0 Å². The van der Waals surface area contributed by atoms with Gasteiger partial charge >= 0.3 is 0 Å². The zero-order valence-corrected chi connectivity index (χ0v) is 24.0. The molecular formula is C30H34ClF2N7O. The molecule has 216 valence electrons. The SMILES string of the molecule is CC[C@H]1CN(C(c2ccc(F)cc2)c2ccc(F)cc2)[C@H](CC)CN1c1nc(Cl)nc2c1nnn2C[C@@H]1CCCO1. The summed E-state index contributed by atoms with van der Waals surface area (Å²) in [7, 11) is 0. The van der Waals surface area contributed by atoms with Crippen LogP contribution in [0.4, 0.5) is 14.6 Å². The standard InChI is InChI=1S/C30H34ClF2N7O/c1-3-23-17-39(28-26-29(35-30(31)34-28)40(37-36-26)18-25-6-5-15-41-25)24(4-2)16-38(23)27(19-7-11-21(32)12-8-19)20-9-13-22(33)14-10-20/h7-14,23-25,27H,3-6,15-18H2,1-2H3/t23-,24+,25+/m1/s1. The number of hydrogen-bond acceptors (Lipinski definition) is 7. The number of nitrogens with zero attached hydrogens (tertiary/aromatic N) is 7. The fourth-order valence-electron chi connectivity index (χ4n) is 6.25. The van der Waals surface area contributed by atoms with Crippen LogP contribution in [0.5, 0.6) is 0 Å². The maximum absolute atomic E-state index is 13.9. The molecule has 6 rings (SSSR count). The van der Waals surface area contributed by atoms with Crippen molar-refractivity contribution < 1.29 is 13.5 Å². The smallest absolute Gasteiger partial charge is 0.226 e. The lowest BCUT2D eigenvalue weighted by molar-refractivity contribution is 0.0944. The van der Waals surface area contributed by atoms with Gasteiger partial charge in [-0.05, 0) is 72.7 Å². The van der Waals surface area contributed by atoms with Crippen molar-refractivity contribution in [3.05, 3.63) is 76.6 Å². The Morgan fingerprint density at radius 3 is 2.17 bits per heavy atom. The first-order valence-electron chi connectivity index (χ1n) is 14.4. The van der Waals surface area contributed by atoms with Gasteiger partial charge in [0.05, 0.1) is 18.7 Å². The Hall–Kier alpha value is -3.21. The van der Waals surface area contributed by atoms with Crippen molar-refractivity contribution in [2.45, 2.75) is 70.3 Å². The number of rotatable bonds is 8. The van der Waals surface area contributed by atoms with Crippen molar-refractivity contribution in [2.24, 2.45) is 0 Å². The molecule has 11 heteroatoms. The Morgan fingerprint density at radius 1 is 0.927 bits per heavy atom. The molecule has 8 nitrogen and oxygen atoms in total. The van der Waals surface area contributed by atoms with E-state index in [-0.39, 0.29) is 41.1 Å². The first-order valence-corrected chi connectivity index (χ1v) is 14.7. The minimum absolute atomic E-state index is 0.0821. The first-order chi connectivity index (χ1) is 19.9. The molecule has 2 aromatic carbocycles. The van der Waals surface area contributed by atoms with Crippen molar-refractivity contribution >= 4 is 28.6 Å². The average molecular weight is 582 g/mol. The van der Waals surface area contributed by atoms with Crippen LogP contribution < -0.4 is 4.90 Å². The quantitative estimate of drug-likeness (QED) is 0.244. The normalized spacial score (nSPS) is 21.8. The maximum atomic E-state index is 13.9. The summed E-state index contributed by atoms with van der Waals surface area (Å²) in [6.07, 6.45) is 3.81. The Labute approximate surface area is 243 Å². The van der Waals surface area contributed by atoms with Crippen molar-refractivity contribution in [3.63, 3.8) is 0 Å². The van der Waals surface area contributed by atoms with Crippen LogP contribution in [-0.4, -0.2) is 67.7 Å². The van der Waals surface area contributed by atoms with Crippen LogP contribution >= 0.6 is 11.6 Å². The van der Waals surface area contributed by atoms with Crippen LogP contribution in [0.25, 0.3) is 11.2 Å². The highest BCUT2D eigenvalue weighted by atomic mass is 35.5. The van der Waals surface area contributed by atoms with Gasteiger partial charge in [0, 0.05) is 31.8 Å². The Bertz CT molecular complexity index is 1430. The van der Waals surface area contributed by atoms with Gasteiger partial charge in [-0.25, -0.2) is 13.5 Å². The molecule has 4 aromatic rings. The number of hydrogen-bond donors (Lipinski definition) is 0. The number of piperazine rings is 1. The second kappa shape index (κ2) is 12.0. The third-order valence-electron chi connectivity index (χ3n) is 8.37.